The third-order valence-electron chi connectivity index (χ3n) is 4.64. The number of nitrogens with one attached hydrogen (secondary N) is 1. The molecule has 0 aromatic heterocycles. The molecule has 20 heavy (non-hydrogen) atoms. The van der Waals surface area contributed by atoms with Gasteiger partial charge in [-0.15, -0.1) is 0 Å². The molecular formula is C17H28N2O. The van der Waals surface area contributed by atoms with Crippen LogP contribution in [0.25, 0.3) is 0 Å². The number of fused-ring (bicyclic) bond motifs is 1. The Balaban J connectivity index is 2.07. The first-order valence-electron chi connectivity index (χ1n) is 7.92. The van der Waals surface area contributed by atoms with Gasteiger partial charge in [0.25, 0.3) is 0 Å². The van der Waals surface area contributed by atoms with Gasteiger partial charge < -0.3 is 15.3 Å². The van der Waals surface area contributed by atoms with Crippen LogP contribution in [0.2, 0.25) is 0 Å². The lowest BCUT2D eigenvalue weighted by Gasteiger charge is -2.39. The van der Waals surface area contributed by atoms with E-state index in [2.05, 4.69) is 48.3 Å². The predicted octanol–water partition coefficient (Wildman–Crippen LogP) is 2.14. The predicted molar refractivity (Wildman–Crippen MR) is 83.9 cm³/mol. The van der Waals surface area contributed by atoms with Crippen LogP contribution in [0.3, 0.4) is 0 Å². The Morgan fingerprint density at radius 1 is 1.25 bits per heavy atom. The van der Waals surface area contributed by atoms with Crippen molar-refractivity contribution in [3.63, 3.8) is 0 Å². The maximum atomic E-state index is 9.99. The fraction of sp³-hybridized carbons (Fsp3) is 0.647. The molecule has 0 amide bonds. The molecule has 0 bridgehead atoms. The Morgan fingerprint density at radius 3 is 2.70 bits per heavy atom. The minimum absolute atomic E-state index is 0.183. The lowest BCUT2D eigenvalue weighted by Crippen LogP contribution is -2.50. The minimum Gasteiger partial charge on any atom is -0.394 e. The highest BCUT2D eigenvalue weighted by Gasteiger charge is 2.35. The standard InChI is InChI=1S/C17H28N2O/c1-3-19(4-2)13-12-18-17(14-20)11-7-9-15-8-5-6-10-16(15)17/h5-6,8,10,18,20H,3-4,7,9,11-14H2,1-2H3. The zero-order chi connectivity index (χ0) is 14.4. The van der Waals surface area contributed by atoms with Gasteiger partial charge in [-0.05, 0) is 43.5 Å². The molecule has 0 fully saturated rings. The number of hydrogen-bond donors (Lipinski definition) is 2. The third kappa shape index (κ3) is 3.22. The van der Waals surface area contributed by atoms with Crippen molar-refractivity contribution < 1.29 is 5.11 Å². The van der Waals surface area contributed by atoms with Crippen LogP contribution >= 0.6 is 0 Å². The first kappa shape index (κ1) is 15.5. The van der Waals surface area contributed by atoms with Gasteiger partial charge >= 0.3 is 0 Å². The van der Waals surface area contributed by atoms with Crippen LogP contribution in [-0.2, 0) is 12.0 Å². The molecule has 1 aromatic rings. The van der Waals surface area contributed by atoms with Crippen molar-refractivity contribution in [2.75, 3.05) is 32.8 Å². The third-order valence-corrected chi connectivity index (χ3v) is 4.64. The van der Waals surface area contributed by atoms with Crippen LogP contribution in [0.4, 0.5) is 0 Å². The summed E-state index contributed by atoms with van der Waals surface area (Å²) >= 11 is 0. The van der Waals surface area contributed by atoms with E-state index in [1.807, 2.05) is 0 Å². The molecule has 1 unspecified atom stereocenters. The fourth-order valence-electron chi connectivity index (χ4n) is 3.32. The Hall–Kier alpha value is -0.900. The smallest absolute Gasteiger partial charge is 0.0672 e. The number of aliphatic hydroxyl groups is 1. The van der Waals surface area contributed by atoms with Gasteiger partial charge in [0.15, 0.2) is 0 Å². The second-order valence-electron chi connectivity index (χ2n) is 5.70. The molecule has 2 rings (SSSR count). The van der Waals surface area contributed by atoms with E-state index in [1.165, 1.54) is 11.1 Å². The second-order valence-corrected chi connectivity index (χ2v) is 5.70. The van der Waals surface area contributed by atoms with E-state index >= 15 is 0 Å². The summed E-state index contributed by atoms with van der Waals surface area (Å²) in [5, 5.41) is 13.6. The van der Waals surface area contributed by atoms with Crippen molar-refractivity contribution in [3.05, 3.63) is 35.4 Å². The van der Waals surface area contributed by atoms with Gasteiger partial charge in [0.05, 0.1) is 12.1 Å². The average Bonchev–Trinajstić information content (AvgIpc) is 2.51. The zero-order valence-electron chi connectivity index (χ0n) is 12.9. The molecule has 2 N–H and O–H groups in total. The summed E-state index contributed by atoms with van der Waals surface area (Å²) < 4.78 is 0. The molecule has 0 heterocycles. The second kappa shape index (κ2) is 7.21. The van der Waals surface area contributed by atoms with Crippen molar-refractivity contribution >= 4 is 0 Å². The number of likely N-dealkylation sites (N-methyl/N-ethyl adjacent to an activating group) is 1. The molecule has 3 heteroatoms. The number of nitrogens with zero attached hydrogens (tertiary/aromatic N) is 1. The lowest BCUT2D eigenvalue weighted by molar-refractivity contribution is 0.137. The summed E-state index contributed by atoms with van der Waals surface area (Å²) in [6.07, 6.45) is 3.31. The number of hydrogen-bond acceptors (Lipinski definition) is 3. The zero-order valence-corrected chi connectivity index (χ0v) is 12.9. The van der Waals surface area contributed by atoms with Gasteiger partial charge in [0.1, 0.15) is 0 Å². The summed E-state index contributed by atoms with van der Waals surface area (Å²) in [7, 11) is 0. The van der Waals surface area contributed by atoms with E-state index in [1.54, 1.807) is 0 Å². The highest BCUT2D eigenvalue weighted by atomic mass is 16.3. The minimum atomic E-state index is -0.234. The normalized spacial score (nSPS) is 22.0. The Kier molecular flexibility index (Phi) is 5.58. The number of rotatable bonds is 7. The molecule has 0 saturated carbocycles. The van der Waals surface area contributed by atoms with Gasteiger partial charge in [0.2, 0.25) is 0 Å². The Labute approximate surface area is 123 Å². The van der Waals surface area contributed by atoms with E-state index in [-0.39, 0.29) is 12.1 Å². The van der Waals surface area contributed by atoms with Crippen LogP contribution in [0.5, 0.6) is 0 Å². The molecule has 0 radical (unpaired) electrons. The number of aliphatic hydroxyl groups excluding tert-OH is 1. The molecule has 1 atom stereocenters. The highest BCUT2D eigenvalue weighted by molar-refractivity contribution is 5.36. The lowest BCUT2D eigenvalue weighted by atomic mass is 9.77. The first-order chi connectivity index (χ1) is 9.75. The van der Waals surface area contributed by atoms with E-state index < -0.39 is 0 Å². The van der Waals surface area contributed by atoms with Crippen molar-refractivity contribution in [3.8, 4) is 0 Å². The molecular weight excluding hydrogens is 248 g/mol. The molecule has 0 saturated heterocycles. The van der Waals surface area contributed by atoms with Crippen molar-refractivity contribution in [2.24, 2.45) is 0 Å². The van der Waals surface area contributed by atoms with E-state index in [0.717, 1.165) is 45.4 Å². The first-order valence-corrected chi connectivity index (χ1v) is 7.92. The van der Waals surface area contributed by atoms with Gasteiger partial charge in [-0.25, -0.2) is 0 Å². The van der Waals surface area contributed by atoms with Crippen LogP contribution in [0, 0.1) is 0 Å². The maximum Gasteiger partial charge on any atom is 0.0672 e. The number of benzene rings is 1. The van der Waals surface area contributed by atoms with Gasteiger partial charge in [-0.3, -0.25) is 0 Å². The highest BCUT2D eigenvalue weighted by Crippen LogP contribution is 2.34. The Bertz CT molecular complexity index is 417. The Morgan fingerprint density at radius 2 is 2.00 bits per heavy atom. The van der Waals surface area contributed by atoms with Gasteiger partial charge in [-0.1, -0.05) is 38.1 Å². The maximum absolute atomic E-state index is 9.99. The van der Waals surface area contributed by atoms with Crippen molar-refractivity contribution in [1.82, 2.24) is 10.2 Å². The monoisotopic (exact) mass is 276 g/mol. The van der Waals surface area contributed by atoms with Crippen LogP contribution in [-0.4, -0.2) is 42.8 Å². The summed E-state index contributed by atoms with van der Waals surface area (Å²) in [4.78, 5) is 2.41. The number of aryl methyl sites for hydroxylation is 1. The van der Waals surface area contributed by atoms with Crippen LogP contribution < -0.4 is 5.32 Å². The summed E-state index contributed by atoms with van der Waals surface area (Å²) in [5.74, 6) is 0. The summed E-state index contributed by atoms with van der Waals surface area (Å²) in [5.41, 5.74) is 2.46. The molecule has 1 aliphatic rings. The summed E-state index contributed by atoms with van der Waals surface area (Å²) in [6, 6.07) is 8.56. The van der Waals surface area contributed by atoms with Crippen molar-refractivity contribution in [1.29, 1.82) is 0 Å². The van der Waals surface area contributed by atoms with Gasteiger partial charge in [0, 0.05) is 13.1 Å². The summed E-state index contributed by atoms with van der Waals surface area (Å²) in [6.45, 7) is 8.71. The molecule has 1 aromatic carbocycles. The largest absolute Gasteiger partial charge is 0.394 e. The topological polar surface area (TPSA) is 35.5 Å². The average molecular weight is 276 g/mol. The van der Waals surface area contributed by atoms with E-state index in [0.29, 0.717) is 0 Å². The van der Waals surface area contributed by atoms with Crippen LogP contribution in [0.15, 0.2) is 24.3 Å². The molecule has 0 spiro atoms. The molecule has 3 nitrogen and oxygen atoms in total. The fourth-order valence-corrected chi connectivity index (χ4v) is 3.32. The van der Waals surface area contributed by atoms with Crippen molar-refractivity contribution in [2.45, 2.75) is 38.6 Å². The molecule has 112 valence electrons. The SMILES string of the molecule is CCN(CC)CCNC1(CO)CCCc2ccccc21. The van der Waals surface area contributed by atoms with E-state index in [4.69, 9.17) is 0 Å². The quantitative estimate of drug-likeness (QED) is 0.801. The molecule has 1 aliphatic carbocycles. The van der Waals surface area contributed by atoms with Crippen LogP contribution in [0.1, 0.15) is 37.8 Å². The van der Waals surface area contributed by atoms with Gasteiger partial charge in [-0.2, -0.15) is 0 Å². The van der Waals surface area contributed by atoms with E-state index in [9.17, 15) is 5.11 Å². The molecule has 0 aliphatic heterocycles.